The fourth-order valence-electron chi connectivity index (χ4n) is 2.98. The zero-order valence-corrected chi connectivity index (χ0v) is 10.4. The molecule has 0 radical (unpaired) electrons. The first-order valence-electron chi connectivity index (χ1n) is 6.26. The van der Waals surface area contributed by atoms with E-state index in [1.807, 2.05) is 0 Å². The topological polar surface area (TPSA) is 26.0 Å². The highest BCUT2D eigenvalue weighted by Gasteiger charge is 2.53. The van der Waals surface area contributed by atoms with Crippen molar-refractivity contribution < 1.29 is 0 Å². The van der Waals surface area contributed by atoms with Gasteiger partial charge in [0.05, 0.1) is 0 Å². The lowest BCUT2D eigenvalue weighted by molar-refractivity contribution is 0.207. The van der Waals surface area contributed by atoms with Gasteiger partial charge in [0.15, 0.2) is 0 Å². The number of rotatable bonds is 6. The Hall–Kier alpha value is -0.0400. The van der Waals surface area contributed by atoms with Crippen molar-refractivity contribution in [3.8, 4) is 0 Å². The van der Waals surface area contributed by atoms with E-state index in [4.69, 9.17) is 5.73 Å². The minimum Gasteiger partial charge on any atom is -0.330 e. The van der Waals surface area contributed by atoms with Crippen LogP contribution in [0.4, 0.5) is 0 Å². The summed E-state index contributed by atoms with van der Waals surface area (Å²) < 4.78 is 0. The van der Waals surface area contributed by atoms with Crippen molar-refractivity contribution in [3.05, 3.63) is 0 Å². The Balaban J connectivity index is 2.58. The molecule has 0 aromatic carbocycles. The lowest BCUT2D eigenvalue weighted by atomic mass is 9.75. The quantitative estimate of drug-likeness (QED) is 0.692. The molecule has 14 heavy (non-hydrogen) atoms. The van der Waals surface area contributed by atoms with Crippen LogP contribution in [0.2, 0.25) is 0 Å². The molecule has 3 unspecified atom stereocenters. The summed E-state index contributed by atoms with van der Waals surface area (Å²) in [5.41, 5.74) is 6.95. The van der Waals surface area contributed by atoms with Crippen LogP contribution in [0, 0.1) is 16.7 Å². The van der Waals surface area contributed by atoms with E-state index in [9.17, 15) is 0 Å². The van der Waals surface area contributed by atoms with Crippen LogP contribution in [0.25, 0.3) is 0 Å². The van der Waals surface area contributed by atoms with Gasteiger partial charge in [0.1, 0.15) is 0 Å². The van der Waals surface area contributed by atoms with Crippen molar-refractivity contribution in [3.63, 3.8) is 0 Å². The molecule has 1 rings (SSSR count). The molecular weight excluding hydrogens is 170 g/mol. The average molecular weight is 197 g/mol. The summed E-state index contributed by atoms with van der Waals surface area (Å²) in [5.74, 6) is 0.991. The van der Waals surface area contributed by atoms with Gasteiger partial charge in [-0.25, -0.2) is 0 Å². The van der Waals surface area contributed by atoms with E-state index in [0.29, 0.717) is 10.8 Å². The molecule has 1 aliphatic carbocycles. The highest BCUT2D eigenvalue weighted by molar-refractivity contribution is 5.03. The molecule has 0 aromatic heterocycles. The van der Waals surface area contributed by atoms with Crippen LogP contribution in [0.15, 0.2) is 0 Å². The van der Waals surface area contributed by atoms with E-state index in [2.05, 4.69) is 27.7 Å². The van der Waals surface area contributed by atoms with E-state index in [1.165, 1.54) is 32.1 Å². The first kappa shape index (κ1) is 12.0. The van der Waals surface area contributed by atoms with Crippen LogP contribution >= 0.6 is 0 Å². The highest BCUT2D eigenvalue weighted by Crippen LogP contribution is 2.62. The Morgan fingerprint density at radius 1 is 1.36 bits per heavy atom. The summed E-state index contributed by atoms with van der Waals surface area (Å²) in [6.45, 7) is 10.2. The molecule has 2 N–H and O–H groups in total. The molecule has 0 heterocycles. The van der Waals surface area contributed by atoms with Gasteiger partial charge in [-0.1, -0.05) is 40.5 Å². The van der Waals surface area contributed by atoms with Gasteiger partial charge in [-0.3, -0.25) is 0 Å². The largest absolute Gasteiger partial charge is 0.330 e. The van der Waals surface area contributed by atoms with E-state index in [0.717, 1.165) is 12.5 Å². The summed E-state index contributed by atoms with van der Waals surface area (Å²) in [5, 5.41) is 0. The van der Waals surface area contributed by atoms with Gasteiger partial charge in [-0.05, 0) is 42.6 Å². The van der Waals surface area contributed by atoms with Gasteiger partial charge in [-0.15, -0.1) is 0 Å². The molecule has 1 heteroatoms. The third kappa shape index (κ3) is 2.13. The van der Waals surface area contributed by atoms with E-state index >= 15 is 0 Å². The normalized spacial score (nSPS) is 35.4. The molecule has 0 amide bonds. The van der Waals surface area contributed by atoms with Crippen molar-refractivity contribution in [2.45, 2.75) is 59.8 Å². The third-order valence-corrected chi connectivity index (χ3v) is 4.68. The van der Waals surface area contributed by atoms with Crippen LogP contribution < -0.4 is 5.73 Å². The van der Waals surface area contributed by atoms with Crippen molar-refractivity contribution in [2.75, 3.05) is 6.54 Å². The second-order valence-corrected chi connectivity index (χ2v) is 5.57. The van der Waals surface area contributed by atoms with Crippen LogP contribution in [0.5, 0.6) is 0 Å². The maximum atomic E-state index is 5.89. The fraction of sp³-hybridized carbons (Fsp3) is 1.00. The van der Waals surface area contributed by atoms with Crippen LogP contribution in [0.1, 0.15) is 59.8 Å². The maximum absolute atomic E-state index is 5.89. The molecule has 84 valence electrons. The molecule has 0 saturated heterocycles. The number of hydrogen-bond donors (Lipinski definition) is 1. The first-order valence-corrected chi connectivity index (χ1v) is 6.26. The van der Waals surface area contributed by atoms with Crippen LogP contribution in [-0.4, -0.2) is 6.54 Å². The van der Waals surface area contributed by atoms with E-state index < -0.39 is 0 Å². The maximum Gasteiger partial charge on any atom is -0.00231 e. The first-order chi connectivity index (χ1) is 6.55. The van der Waals surface area contributed by atoms with Gasteiger partial charge in [-0.2, -0.15) is 0 Å². The molecule has 1 fully saturated rings. The Labute approximate surface area is 89.5 Å². The smallest absolute Gasteiger partial charge is 0.00231 e. The van der Waals surface area contributed by atoms with Gasteiger partial charge < -0.3 is 5.73 Å². The van der Waals surface area contributed by atoms with Gasteiger partial charge in [0.2, 0.25) is 0 Å². The standard InChI is InChI=1S/C13H27N/c1-5-11-8-13(11,7-3)9-12(4,6-2)10-14/h11H,5-10,14H2,1-4H3. The van der Waals surface area contributed by atoms with Crippen molar-refractivity contribution in [2.24, 2.45) is 22.5 Å². The molecule has 0 spiro atoms. The zero-order valence-electron chi connectivity index (χ0n) is 10.4. The lowest BCUT2D eigenvalue weighted by Crippen LogP contribution is -2.30. The van der Waals surface area contributed by atoms with Crippen LogP contribution in [-0.2, 0) is 0 Å². The summed E-state index contributed by atoms with van der Waals surface area (Å²) >= 11 is 0. The molecule has 0 aliphatic heterocycles. The van der Waals surface area contributed by atoms with Gasteiger partial charge in [0, 0.05) is 0 Å². The van der Waals surface area contributed by atoms with Gasteiger partial charge >= 0.3 is 0 Å². The Kier molecular flexibility index (Phi) is 3.63. The van der Waals surface area contributed by atoms with E-state index in [1.54, 1.807) is 0 Å². The van der Waals surface area contributed by atoms with Crippen molar-refractivity contribution in [1.29, 1.82) is 0 Å². The fourth-order valence-corrected chi connectivity index (χ4v) is 2.98. The molecule has 1 saturated carbocycles. The Bertz CT molecular complexity index is 184. The summed E-state index contributed by atoms with van der Waals surface area (Å²) in [4.78, 5) is 0. The summed E-state index contributed by atoms with van der Waals surface area (Å²) in [7, 11) is 0. The molecule has 1 nitrogen and oxygen atoms in total. The molecule has 0 bridgehead atoms. The second-order valence-electron chi connectivity index (χ2n) is 5.57. The average Bonchev–Trinajstić information content (AvgIpc) is 2.92. The third-order valence-electron chi connectivity index (χ3n) is 4.68. The minimum atomic E-state index is 0.389. The highest BCUT2D eigenvalue weighted by atomic mass is 14.6. The van der Waals surface area contributed by atoms with E-state index in [-0.39, 0.29) is 0 Å². The predicted octanol–water partition coefficient (Wildman–Crippen LogP) is 3.58. The predicted molar refractivity (Wildman–Crippen MR) is 63.2 cm³/mol. The SMILES string of the molecule is CCC1CC1(CC)CC(C)(CC)CN. The number of hydrogen-bond acceptors (Lipinski definition) is 1. The second kappa shape index (κ2) is 4.22. The monoisotopic (exact) mass is 197 g/mol. The van der Waals surface area contributed by atoms with Crippen LogP contribution in [0.3, 0.4) is 0 Å². The minimum absolute atomic E-state index is 0.389. The Morgan fingerprint density at radius 2 is 2.00 bits per heavy atom. The van der Waals surface area contributed by atoms with Crippen molar-refractivity contribution >= 4 is 0 Å². The van der Waals surface area contributed by atoms with Crippen molar-refractivity contribution in [1.82, 2.24) is 0 Å². The molecule has 0 aromatic rings. The zero-order chi connectivity index (χ0) is 10.8. The lowest BCUT2D eigenvalue weighted by Gasteiger charge is -2.31. The van der Waals surface area contributed by atoms with Gasteiger partial charge in [0.25, 0.3) is 0 Å². The molecule has 3 atom stereocenters. The Morgan fingerprint density at radius 3 is 2.29 bits per heavy atom. The molecular formula is C13H27N. The summed E-state index contributed by atoms with van der Waals surface area (Å²) in [6, 6.07) is 0. The summed E-state index contributed by atoms with van der Waals surface area (Å²) in [6.07, 6.45) is 6.73. The number of nitrogens with two attached hydrogens (primary N) is 1. The molecule has 1 aliphatic rings.